The monoisotopic (exact) mass is 187 g/mol. The van der Waals surface area contributed by atoms with Gasteiger partial charge in [-0.3, -0.25) is 0 Å². The molecule has 1 aliphatic heterocycles. The van der Waals surface area contributed by atoms with Crippen molar-refractivity contribution < 1.29 is 0 Å². The molecule has 0 aromatic heterocycles. The lowest BCUT2D eigenvalue weighted by molar-refractivity contribution is 0.272. The predicted molar refractivity (Wildman–Crippen MR) is 59.9 cm³/mol. The van der Waals surface area contributed by atoms with E-state index < -0.39 is 0 Å². The maximum atomic E-state index is 3.59. The van der Waals surface area contributed by atoms with Crippen LogP contribution < -0.4 is 5.32 Å². The van der Waals surface area contributed by atoms with E-state index in [1.165, 1.54) is 42.6 Å². The first-order valence-corrected chi connectivity index (χ1v) is 5.57. The van der Waals surface area contributed by atoms with E-state index in [4.69, 9.17) is 0 Å². The summed E-state index contributed by atoms with van der Waals surface area (Å²) in [6.07, 6.45) is 4.18. The van der Waals surface area contributed by atoms with Crippen molar-refractivity contribution >= 4 is 5.69 Å². The molecule has 0 radical (unpaired) electrons. The molecule has 1 spiro atoms. The smallest absolute Gasteiger partial charge is 0.0409 e. The Balaban J connectivity index is 2.18. The van der Waals surface area contributed by atoms with E-state index in [1.807, 2.05) is 0 Å². The molecule has 0 amide bonds. The van der Waals surface area contributed by atoms with Crippen molar-refractivity contribution in [3.63, 3.8) is 0 Å². The fourth-order valence-electron chi connectivity index (χ4n) is 3.02. The third kappa shape index (κ3) is 0.902. The molecule has 1 aliphatic carbocycles. The molecule has 1 fully saturated rings. The molecule has 1 heteroatoms. The van der Waals surface area contributed by atoms with Crippen LogP contribution in [-0.4, -0.2) is 6.54 Å². The maximum absolute atomic E-state index is 3.59. The van der Waals surface area contributed by atoms with Crippen LogP contribution >= 0.6 is 0 Å². The highest BCUT2D eigenvalue weighted by molar-refractivity contribution is 5.66. The molecule has 0 unspecified atom stereocenters. The van der Waals surface area contributed by atoms with Crippen molar-refractivity contribution in [1.29, 1.82) is 0 Å². The van der Waals surface area contributed by atoms with Crippen LogP contribution in [0.25, 0.3) is 0 Å². The molecular weight excluding hydrogens is 170 g/mol. The van der Waals surface area contributed by atoms with Gasteiger partial charge >= 0.3 is 0 Å². The standard InChI is InChI=1S/C13H17N/c1-9-6-10(2)12-11(7-9)13(8-14-12)4-3-5-13/h6-7,14H,3-5,8H2,1-2H3. The Hall–Kier alpha value is -0.980. The minimum Gasteiger partial charge on any atom is -0.384 e. The number of benzene rings is 1. The van der Waals surface area contributed by atoms with Crippen LogP contribution in [0, 0.1) is 13.8 Å². The number of hydrogen-bond donors (Lipinski definition) is 1. The second-order valence-electron chi connectivity index (χ2n) is 4.99. The van der Waals surface area contributed by atoms with Gasteiger partial charge in [0.05, 0.1) is 0 Å². The van der Waals surface area contributed by atoms with E-state index in [0.29, 0.717) is 5.41 Å². The Bertz CT molecular complexity index is 388. The molecule has 0 saturated heterocycles. The number of hydrogen-bond acceptors (Lipinski definition) is 1. The number of fused-ring (bicyclic) bond motifs is 2. The number of rotatable bonds is 0. The molecule has 1 aromatic rings. The lowest BCUT2D eigenvalue weighted by Crippen LogP contribution is -2.35. The first-order valence-electron chi connectivity index (χ1n) is 5.57. The van der Waals surface area contributed by atoms with Gasteiger partial charge in [-0.25, -0.2) is 0 Å². The highest BCUT2D eigenvalue weighted by Gasteiger charge is 2.44. The molecule has 1 nitrogen and oxygen atoms in total. The Morgan fingerprint density at radius 1 is 1.21 bits per heavy atom. The van der Waals surface area contributed by atoms with Crippen LogP contribution in [0.5, 0.6) is 0 Å². The van der Waals surface area contributed by atoms with Gasteiger partial charge in [0.1, 0.15) is 0 Å². The van der Waals surface area contributed by atoms with Gasteiger partial charge in [-0.15, -0.1) is 0 Å². The van der Waals surface area contributed by atoms with Crippen molar-refractivity contribution in [2.45, 2.75) is 38.5 Å². The van der Waals surface area contributed by atoms with E-state index >= 15 is 0 Å². The Morgan fingerprint density at radius 2 is 2.00 bits per heavy atom. The topological polar surface area (TPSA) is 12.0 Å². The summed E-state index contributed by atoms with van der Waals surface area (Å²) < 4.78 is 0. The van der Waals surface area contributed by atoms with Gasteiger partial charge in [-0.2, -0.15) is 0 Å². The zero-order valence-electron chi connectivity index (χ0n) is 8.98. The number of anilines is 1. The van der Waals surface area contributed by atoms with Crippen LogP contribution in [-0.2, 0) is 5.41 Å². The zero-order chi connectivity index (χ0) is 9.76. The number of nitrogens with one attached hydrogen (secondary N) is 1. The third-order valence-corrected chi connectivity index (χ3v) is 3.97. The highest BCUT2D eigenvalue weighted by atomic mass is 14.9. The lowest BCUT2D eigenvalue weighted by Gasteiger charge is -2.38. The van der Waals surface area contributed by atoms with Crippen molar-refractivity contribution in [1.82, 2.24) is 0 Å². The third-order valence-electron chi connectivity index (χ3n) is 3.97. The SMILES string of the molecule is Cc1cc(C)c2c(c1)C1(CCC1)CN2. The Labute approximate surface area is 85.5 Å². The summed E-state index contributed by atoms with van der Waals surface area (Å²) in [5, 5.41) is 3.59. The number of aryl methyl sites for hydroxylation is 2. The van der Waals surface area contributed by atoms with Gasteiger partial charge in [-0.1, -0.05) is 24.1 Å². The second-order valence-corrected chi connectivity index (χ2v) is 4.99. The zero-order valence-corrected chi connectivity index (χ0v) is 8.98. The fraction of sp³-hybridized carbons (Fsp3) is 0.538. The highest BCUT2D eigenvalue weighted by Crippen LogP contribution is 2.51. The molecular formula is C13H17N. The average molecular weight is 187 g/mol. The first-order chi connectivity index (χ1) is 6.71. The van der Waals surface area contributed by atoms with Crippen LogP contribution in [0.1, 0.15) is 36.0 Å². The molecule has 0 bridgehead atoms. The predicted octanol–water partition coefficient (Wildman–Crippen LogP) is 3.15. The van der Waals surface area contributed by atoms with E-state index in [2.05, 4.69) is 31.3 Å². The van der Waals surface area contributed by atoms with Crippen molar-refractivity contribution in [3.05, 3.63) is 28.8 Å². The quantitative estimate of drug-likeness (QED) is 0.658. The Kier molecular flexibility index (Phi) is 1.51. The van der Waals surface area contributed by atoms with Gasteiger partial charge in [0.2, 0.25) is 0 Å². The van der Waals surface area contributed by atoms with Gasteiger partial charge in [0.25, 0.3) is 0 Å². The summed E-state index contributed by atoms with van der Waals surface area (Å²) in [6, 6.07) is 4.67. The molecule has 0 atom stereocenters. The molecule has 1 N–H and O–H groups in total. The molecule has 1 saturated carbocycles. The van der Waals surface area contributed by atoms with Crippen molar-refractivity contribution in [2.24, 2.45) is 0 Å². The minimum atomic E-state index is 0.520. The molecule has 1 aromatic carbocycles. The summed E-state index contributed by atoms with van der Waals surface area (Å²) >= 11 is 0. The van der Waals surface area contributed by atoms with Gasteiger partial charge in [0, 0.05) is 17.6 Å². The van der Waals surface area contributed by atoms with Gasteiger partial charge < -0.3 is 5.32 Å². The maximum Gasteiger partial charge on any atom is 0.0409 e. The summed E-state index contributed by atoms with van der Waals surface area (Å²) in [7, 11) is 0. The van der Waals surface area contributed by atoms with E-state index in [-0.39, 0.29) is 0 Å². The molecule has 14 heavy (non-hydrogen) atoms. The summed E-state index contributed by atoms with van der Waals surface area (Å²) in [6.45, 7) is 5.60. The first kappa shape index (κ1) is 8.34. The normalized spacial score (nSPS) is 21.6. The van der Waals surface area contributed by atoms with E-state index in [1.54, 1.807) is 5.56 Å². The van der Waals surface area contributed by atoms with Crippen LogP contribution in [0.2, 0.25) is 0 Å². The van der Waals surface area contributed by atoms with Crippen LogP contribution in [0.3, 0.4) is 0 Å². The molecule has 1 heterocycles. The summed E-state index contributed by atoms with van der Waals surface area (Å²) in [5.41, 5.74) is 6.38. The van der Waals surface area contributed by atoms with E-state index in [0.717, 1.165) is 0 Å². The summed E-state index contributed by atoms with van der Waals surface area (Å²) in [4.78, 5) is 0. The average Bonchev–Trinajstić information content (AvgIpc) is 2.42. The molecule has 2 aliphatic rings. The molecule has 3 rings (SSSR count). The van der Waals surface area contributed by atoms with Crippen molar-refractivity contribution in [3.8, 4) is 0 Å². The van der Waals surface area contributed by atoms with Crippen LogP contribution in [0.15, 0.2) is 12.1 Å². The molecule has 74 valence electrons. The Morgan fingerprint density at radius 3 is 2.64 bits per heavy atom. The fourth-order valence-corrected chi connectivity index (χ4v) is 3.02. The second kappa shape index (κ2) is 2.53. The minimum absolute atomic E-state index is 0.520. The summed E-state index contributed by atoms with van der Waals surface area (Å²) in [5.74, 6) is 0. The largest absolute Gasteiger partial charge is 0.384 e. The van der Waals surface area contributed by atoms with Crippen LogP contribution in [0.4, 0.5) is 5.69 Å². The van der Waals surface area contributed by atoms with Gasteiger partial charge in [-0.05, 0) is 37.8 Å². The lowest BCUT2D eigenvalue weighted by atomic mass is 9.65. The van der Waals surface area contributed by atoms with Gasteiger partial charge in [0.15, 0.2) is 0 Å². The van der Waals surface area contributed by atoms with E-state index in [9.17, 15) is 0 Å². The van der Waals surface area contributed by atoms with Crippen molar-refractivity contribution in [2.75, 3.05) is 11.9 Å².